The molecule has 1 aliphatic heterocycles. The van der Waals surface area contributed by atoms with Crippen molar-refractivity contribution in [1.29, 1.82) is 0 Å². The fourth-order valence-corrected chi connectivity index (χ4v) is 3.19. The van der Waals surface area contributed by atoms with Crippen LogP contribution in [0.3, 0.4) is 0 Å². The van der Waals surface area contributed by atoms with E-state index in [4.69, 9.17) is 8.83 Å². The van der Waals surface area contributed by atoms with Gasteiger partial charge in [-0.05, 0) is 42.5 Å². The average molecular weight is 394 g/mol. The van der Waals surface area contributed by atoms with E-state index in [1.54, 1.807) is 58.3 Å². The fourth-order valence-electron chi connectivity index (χ4n) is 3.19. The molecule has 0 saturated carbocycles. The topological polar surface area (TPSA) is 66.9 Å². The van der Waals surface area contributed by atoms with Crippen molar-refractivity contribution in [2.24, 2.45) is 0 Å². The molecule has 0 aliphatic carbocycles. The van der Waals surface area contributed by atoms with Gasteiger partial charge in [0.05, 0.1) is 11.8 Å². The summed E-state index contributed by atoms with van der Waals surface area (Å²) in [5.41, 5.74) is 0.371. The Balaban J connectivity index is 1.34. The number of carbonyl (C=O) groups is 2. The van der Waals surface area contributed by atoms with Crippen molar-refractivity contribution >= 4 is 17.9 Å². The molecule has 1 aromatic carbocycles. The number of hydrogen-bond donors (Lipinski definition) is 0. The van der Waals surface area contributed by atoms with Gasteiger partial charge in [0, 0.05) is 32.3 Å². The highest BCUT2D eigenvalue weighted by atomic mass is 19.1. The summed E-state index contributed by atoms with van der Waals surface area (Å²) in [6, 6.07) is 13.0. The predicted molar refractivity (Wildman–Crippen MR) is 104 cm³/mol. The van der Waals surface area contributed by atoms with Crippen molar-refractivity contribution in [1.82, 2.24) is 9.80 Å². The van der Waals surface area contributed by atoms with Crippen molar-refractivity contribution in [3.63, 3.8) is 0 Å². The fraction of sp³-hybridized carbons (Fsp3) is 0.182. The number of rotatable bonds is 4. The quantitative estimate of drug-likeness (QED) is 0.633. The van der Waals surface area contributed by atoms with Crippen LogP contribution in [0.4, 0.5) is 4.39 Å². The molecule has 0 bridgehead atoms. The summed E-state index contributed by atoms with van der Waals surface area (Å²) in [4.78, 5) is 28.0. The van der Waals surface area contributed by atoms with Crippen molar-refractivity contribution < 1.29 is 22.8 Å². The highest BCUT2D eigenvalue weighted by Gasteiger charge is 2.25. The zero-order chi connectivity index (χ0) is 20.2. The van der Waals surface area contributed by atoms with E-state index in [-0.39, 0.29) is 17.6 Å². The molecule has 2 aromatic heterocycles. The van der Waals surface area contributed by atoms with Gasteiger partial charge < -0.3 is 18.6 Å². The van der Waals surface area contributed by atoms with Gasteiger partial charge in [-0.3, -0.25) is 9.59 Å². The molecular weight excluding hydrogens is 375 g/mol. The van der Waals surface area contributed by atoms with Crippen LogP contribution in [-0.2, 0) is 4.79 Å². The lowest BCUT2D eigenvalue weighted by Gasteiger charge is -2.33. The third-order valence-corrected chi connectivity index (χ3v) is 4.77. The Morgan fingerprint density at radius 3 is 2.41 bits per heavy atom. The second kappa shape index (κ2) is 8.18. The van der Waals surface area contributed by atoms with Crippen molar-refractivity contribution in [2.45, 2.75) is 0 Å². The lowest BCUT2D eigenvalue weighted by Crippen LogP contribution is -2.50. The highest BCUT2D eigenvalue weighted by Crippen LogP contribution is 2.25. The SMILES string of the molecule is O=C(/C=C/c1ccc(-c2ccccc2F)o1)N1CCN(C(=O)c2ccco2)CC1. The number of hydrogen-bond acceptors (Lipinski definition) is 4. The normalized spacial score (nSPS) is 14.5. The molecule has 3 aromatic rings. The van der Waals surface area contributed by atoms with E-state index in [1.165, 1.54) is 18.4 Å². The first kappa shape index (κ1) is 18.7. The molecule has 1 saturated heterocycles. The first-order valence-electron chi connectivity index (χ1n) is 9.26. The van der Waals surface area contributed by atoms with E-state index in [1.807, 2.05) is 0 Å². The van der Waals surface area contributed by atoms with Crippen LogP contribution in [0.1, 0.15) is 16.3 Å². The molecule has 2 amide bonds. The van der Waals surface area contributed by atoms with Gasteiger partial charge in [0.15, 0.2) is 5.76 Å². The van der Waals surface area contributed by atoms with Crippen LogP contribution in [0.5, 0.6) is 0 Å². The molecule has 7 heteroatoms. The number of carbonyl (C=O) groups excluding carboxylic acids is 2. The zero-order valence-corrected chi connectivity index (χ0v) is 15.6. The largest absolute Gasteiger partial charge is 0.459 e. The Morgan fingerprint density at radius 1 is 0.931 bits per heavy atom. The summed E-state index contributed by atoms with van der Waals surface area (Å²) >= 11 is 0. The smallest absolute Gasteiger partial charge is 0.289 e. The van der Waals surface area contributed by atoms with Gasteiger partial charge in [0.1, 0.15) is 17.3 Å². The molecule has 1 aliphatic rings. The number of nitrogens with zero attached hydrogens (tertiary/aromatic N) is 2. The van der Waals surface area contributed by atoms with Crippen molar-refractivity contribution in [3.05, 3.63) is 78.2 Å². The van der Waals surface area contributed by atoms with Crippen LogP contribution < -0.4 is 0 Å². The predicted octanol–water partition coefficient (Wildman–Crippen LogP) is 3.68. The van der Waals surface area contributed by atoms with E-state index < -0.39 is 0 Å². The minimum absolute atomic E-state index is 0.168. The van der Waals surface area contributed by atoms with Crippen LogP contribution in [0.2, 0.25) is 0 Å². The van der Waals surface area contributed by atoms with Crippen LogP contribution in [0.15, 0.2) is 69.7 Å². The van der Waals surface area contributed by atoms with Gasteiger partial charge in [-0.2, -0.15) is 0 Å². The summed E-state index contributed by atoms with van der Waals surface area (Å²) in [5.74, 6) is 0.458. The molecule has 148 valence electrons. The Bertz CT molecular complexity index is 1030. The molecule has 0 atom stereocenters. The summed E-state index contributed by atoms with van der Waals surface area (Å²) in [6.07, 6.45) is 4.45. The lowest BCUT2D eigenvalue weighted by atomic mass is 10.1. The molecule has 0 unspecified atom stereocenters. The monoisotopic (exact) mass is 394 g/mol. The highest BCUT2D eigenvalue weighted by molar-refractivity contribution is 5.93. The number of benzene rings is 1. The van der Waals surface area contributed by atoms with Gasteiger partial charge in [-0.25, -0.2) is 4.39 Å². The van der Waals surface area contributed by atoms with Crippen LogP contribution in [0.25, 0.3) is 17.4 Å². The minimum Gasteiger partial charge on any atom is -0.459 e. The molecular formula is C22H19FN2O4. The lowest BCUT2D eigenvalue weighted by molar-refractivity contribution is -0.127. The molecule has 0 spiro atoms. The van der Waals surface area contributed by atoms with Crippen molar-refractivity contribution in [3.8, 4) is 11.3 Å². The average Bonchev–Trinajstić information content (AvgIpc) is 3.44. The standard InChI is InChI=1S/C22H19FN2O4/c23-18-5-2-1-4-17(18)19-9-7-16(29-19)8-10-21(26)24-11-13-25(14-12-24)22(27)20-6-3-15-28-20/h1-10,15H,11-14H2/b10-8+. The molecule has 6 nitrogen and oxygen atoms in total. The molecule has 3 heterocycles. The Labute approximate surface area is 166 Å². The summed E-state index contributed by atoms with van der Waals surface area (Å²) in [5, 5.41) is 0. The maximum Gasteiger partial charge on any atom is 0.289 e. The van der Waals surface area contributed by atoms with Crippen LogP contribution in [-0.4, -0.2) is 47.8 Å². The van der Waals surface area contributed by atoms with Crippen LogP contribution in [0, 0.1) is 5.82 Å². The maximum atomic E-state index is 13.8. The van der Waals surface area contributed by atoms with E-state index in [0.717, 1.165) is 0 Å². The Hall–Kier alpha value is -3.61. The van der Waals surface area contributed by atoms with E-state index in [2.05, 4.69) is 0 Å². The summed E-state index contributed by atoms with van der Waals surface area (Å²) in [6.45, 7) is 1.76. The second-order valence-electron chi connectivity index (χ2n) is 6.61. The molecule has 29 heavy (non-hydrogen) atoms. The molecule has 4 rings (SSSR count). The molecule has 0 radical (unpaired) electrons. The molecule has 0 N–H and O–H groups in total. The van der Waals surface area contributed by atoms with Gasteiger partial charge in [-0.1, -0.05) is 12.1 Å². The van der Waals surface area contributed by atoms with E-state index in [9.17, 15) is 14.0 Å². The van der Waals surface area contributed by atoms with Gasteiger partial charge >= 0.3 is 0 Å². The first-order chi connectivity index (χ1) is 14.1. The number of furan rings is 2. The third-order valence-electron chi connectivity index (χ3n) is 4.77. The second-order valence-corrected chi connectivity index (χ2v) is 6.61. The van der Waals surface area contributed by atoms with Crippen LogP contribution >= 0.6 is 0 Å². The minimum atomic E-state index is -0.365. The number of halogens is 1. The Kier molecular flexibility index (Phi) is 5.29. The first-order valence-corrected chi connectivity index (χ1v) is 9.26. The maximum absolute atomic E-state index is 13.8. The summed E-state index contributed by atoms with van der Waals surface area (Å²) < 4.78 is 24.6. The van der Waals surface area contributed by atoms with Gasteiger partial charge in [0.2, 0.25) is 5.91 Å². The number of piperazine rings is 1. The van der Waals surface area contributed by atoms with Gasteiger partial charge in [-0.15, -0.1) is 0 Å². The van der Waals surface area contributed by atoms with E-state index in [0.29, 0.717) is 49.0 Å². The Morgan fingerprint density at radius 2 is 1.69 bits per heavy atom. The number of amides is 2. The van der Waals surface area contributed by atoms with E-state index >= 15 is 0 Å². The molecule has 1 fully saturated rings. The van der Waals surface area contributed by atoms with Gasteiger partial charge in [0.25, 0.3) is 5.91 Å². The van der Waals surface area contributed by atoms with Crippen molar-refractivity contribution in [2.75, 3.05) is 26.2 Å². The third kappa shape index (κ3) is 4.13. The summed E-state index contributed by atoms with van der Waals surface area (Å²) in [7, 11) is 0. The zero-order valence-electron chi connectivity index (χ0n) is 15.6.